The Balaban J connectivity index is 1.78. The van der Waals surface area contributed by atoms with Crippen LogP contribution in [0.3, 0.4) is 0 Å². The van der Waals surface area contributed by atoms with Gasteiger partial charge in [-0.3, -0.25) is 9.78 Å². The van der Waals surface area contributed by atoms with Gasteiger partial charge in [0.1, 0.15) is 16.5 Å². The molecule has 1 amide bonds. The number of carbonyl (C=O) groups excluding carboxylic acids is 1. The van der Waals surface area contributed by atoms with Crippen LogP contribution in [0, 0.1) is 0 Å². The summed E-state index contributed by atoms with van der Waals surface area (Å²) < 4.78 is 5.71. The molecule has 164 valence electrons. The number of aromatic hydroxyl groups is 1. The van der Waals surface area contributed by atoms with Crippen molar-refractivity contribution in [1.82, 2.24) is 14.9 Å². The molecule has 2 aromatic heterocycles. The summed E-state index contributed by atoms with van der Waals surface area (Å²) in [4.78, 5) is 23.7. The molecule has 0 saturated carbocycles. The predicted octanol–water partition coefficient (Wildman–Crippen LogP) is 6.19. The highest BCUT2D eigenvalue weighted by Gasteiger charge is 2.27. The lowest BCUT2D eigenvalue weighted by Gasteiger charge is -2.28. The third kappa shape index (κ3) is 5.60. The number of aromatic nitrogens is 2. The van der Waals surface area contributed by atoms with Crippen LogP contribution in [0.5, 0.6) is 11.5 Å². The van der Waals surface area contributed by atoms with Gasteiger partial charge in [0, 0.05) is 35.6 Å². The van der Waals surface area contributed by atoms with Crippen LogP contribution in [0.4, 0.5) is 0 Å². The van der Waals surface area contributed by atoms with Gasteiger partial charge in [-0.25, -0.2) is 4.98 Å². The quantitative estimate of drug-likeness (QED) is 0.399. The Morgan fingerprint density at radius 1 is 1.32 bits per heavy atom. The van der Waals surface area contributed by atoms with Crippen molar-refractivity contribution >= 4 is 52.0 Å². The fourth-order valence-corrected chi connectivity index (χ4v) is 4.69. The highest BCUT2D eigenvalue weighted by atomic mass is 35.5. The molecule has 10 heteroatoms. The van der Waals surface area contributed by atoms with E-state index in [1.165, 1.54) is 23.5 Å². The Morgan fingerprint density at radius 3 is 2.74 bits per heavy atom. The molecule has 2 heterocycles. The fourth-order valence-electron chi connectivity index (χ4n) is 2.92. The van der Waals surface area contributed by atoms with E-state index in [-0.39, 0.29) is 40.2 Å². The highest BCUT2D eigenvalue weighted by Crippen LogP contribution is 2.37. The zero-order chi connectivity index (χ0) is 22.5. The van der Waals surface area contributed by atoms with Crippen molar-refractivity contribution in [2.45, 2.75) is 26.3 Å². The minimum absolute atomic E-state index is 0.118. The van der Waals surface area contributed by atoms with E-state index >= 15 is 0 Å². The maximum Gasteiger partial charge on any atom is 0.267 e. The largest absolute Gasteiger partial charge is 0.504 e. The molecule has 0 aliphatic carbocycles. The molecule has 3 rings (SSSR count). The summed E-state index contributed by atoms with van der Waals surface area (Å²) >= 11 is 19.5. The van der Waals surface area contributed by atoms with Crippen LogP contribution >= 0.6 is 46.1 Å². The van der Waals surface area contributed by atoms with Crippen molar-refractivity contribution in [1.29, 1.82) is 0 Å². The highest BCUT2D eigenvalue weighted by molar-refractivity contribution is 7.17. The monoisotopic (exact) mass is 499 g/mol. The minimum Gasteiger partial charge on any atom is -0.504 e. The summed E-state index contributed by atoms with van der Waals surface area (Å²) in [7, 11) is 0. The first-order chi connectivity index (χ1) is 14.8. The molecular formula is C21H20Cl3N3O3S. The molecule has 31 heavy (non-hydrogen) atoms. The Morgan fingerprint density at radius 2 is 2.10 bits per heavy atom. The van der Waals surface area contributed by atoms with Crippen LogP contribution in [0.2, 0.25) is 15.2 Å². The maximum absolute atomic E-state index is 13.3. The fraction of sp³-hybridized carbons (Fsp3) is 0.286. The van der Waals surface area contributed by atoms with Crippen LogP contribution in [0.15, 0.2) is 36.7 Å². The second-order valence-corrected chi connectivity index (χ2v) is 8.98. The van der Waals surface area contributed by atoms with E-state index in [0.29, 0.717) is 21.5 Å². The van der Waals surface area contributed by atoms with E-state index in [4.69, 9.17) is 39.5 Å². The first-order valence-electron chi connectivity index (χ1n) is 9.50. The van der Waals surface area contributed by atoms with Crippen molar-refractivity contribution in [3.05, 3.63) is 56.7 Å². The summed E-state index contributed by atoms with van der Waals surface area (Å²) in [5, 5.41) is 11.3. The number of halogens is 3. The number of benzene rings is 1. The lowest BCUT2D eigenvalue weighted by Crippen LogP contribution is -2.42. The second-order valence-electron chi connectivity index (χ2n) is 6.78. The van der Waals surface area contributed by atoms with E-state index in [0.717, 1.165) is 12.0 Å². The summed E-state index contributed by atoms with van der Waals surface area (Å²) in [6.07, 6.45) is 4.08. The average Bonchev–Trinajstić information content (AvgIpc) is 3.13. The van der Waals surface area contributed by atoms with Gasteiger partial charge in [-0.2, -0.15) is 0 Å². The molecule has 0 bridgehead atoms. The Hall–Kier alpha value is -2.06. The van der Waals surface area contributed by atoms with Crippen molar-refractivity contribution in [2.24, 2.45) is 0 Å². The van der Waals surface area contributed by atoms with Crippen molar-refractivity contribution in [3.8, 4) is 22.1 Å². The Labute approximate surface area is 199 Å². The molecular weight excluding hydrogens is 481 g/mol. The molecule has 0 spiro atoms. The third-order valence-corrected chi connectivity index (χ3v) is 6.38. The number of phenols is 1. The summed E-state index contributed by atoms with van der Waals surface area (Å²) in [5.74, 6) is -0.275. The van der Waals surface area contributed by atoms with Crippen molar-refractivity contribution < 1.29 is 14.6 Å². The number of pyridine rings is 1. The molecule has 1 unspecified atom stereocenters. The van der Waals surface area contributed by atoms with E-state index in [9.17, 15) is 9.90 Å². The molecule has 0 fully saturated rings. The SMILES string of the molecule is CCCN(C(=O)c1sc(-c2cccnc2)nc1Cl)C(C)COc1c(O)cc(Cl)cc1Cl. The number of hydrogen-bond donors (Lipinski definition) is 1. The first kappa shape index (κ1) is 23.6. The van der Waals surface area contributed by atoms with Gasteiger partial charge in [-0.05, 0) is 31.5 Å². The summed E-state index contributed by atoms with van der Waals surface area (Å²) in [5.41, 5.74) is 0.791. The van der Waals surface area contributed by atoms with Gasteiger partial charge in [-0.1, -0.05) is 41.7 Å². The number of hydrogen-bond acceptors (Lipinski definition) is 6. The third-order valence-electron chi connectivity index (χ3n) is 4.40. The molecule has 3 aromatic rings. The minimum atomic E-state index is -0.321. The van der Waals surface area contributed by atoms with Gasteiger partial charge in [0.25, 0.3) is 5.91 Å². The van der Waals surface area contributed by atoms with Crippen LogP contribution < -0.4 is 4.74 Å². The van der Waals surface area contributed by atoms with E-state index in [2.05, 4.69) is 9.97 Å². The molecule has 6 nitrogen and oxygen atoms in total. The van der Waals surface area contributed by atoms with Crippen LogP contribution in [-0.2, 0) is 0 Å². The van der Waals surface area contributed by atoms with Gasteiger partial charge in [0.2, 0.25) is 0 Å². The molecule has 0 aliphatic rings. The molecule has 1 aromatic carbocycles. The van der Waals surface area contributed by atoms with Gasteiger partial charge >= 0.3 is 0 Å². The average molecular weight is 501 g/mol. The number of amides is 1. The van der Waals surface area contributed by atoms with E-state index in [1.54, 1.807) is 23.4 Å². The molecule has 0 radical (unpaired) electrons. The number of rotatable bonds is 8. The lowest BCUT2D eigenvalue weighted by molar-refractivity contribution is 0.0639. The van der Waals surface area contributed by atoms with Gasteiger partial charge in [0.05, 0.1) is 11.1 Å². The zero-order valence-corrected chi connectivity index (χ0v) is 19.9. The summed E-state index contributed by atoms with van der Waals surface area (Å²) in [6.45, 7) is 4.45. The normalized spacial score (nSPS) is 11.9. The topological polar surface area (TPSA) is 75.6 Å². The van der Waals surface area contributed by atoms with Gasteiger partial charge in [-0.15, -0.1) is 11.3 Å². The van der Waals surface area contributed by atoms with Gasteiger partial charge in [0.15, 0.2) is 16.7 Å². The molecule has 1 N–H and O–H groups in total. The smallest absolute Gasteiger partial charge is 0.267 e. The predicted molar refractivity (Wildman–Crippen MR) is 125 cm³/mol. The second kappa shape index (κ2) is 10.5. The van der Waals surface area contributed by atoms with Crippen LogP contribution in [0.25, 0.3) is 10.6 Å². The Bertz CT molecular complexity index is 1040. The van der Waals surface area contributed by atoms with Crippen molar-refractivity contribution in [2.75, 3.05) is 13.2 Å². The molecule has 0 aliphatic heterocycles. The number of thiazole rings is 1. The molecule has 0 saturated heterocycles. The summed E-state index contributed by atoms with van der Waals surface area (Å²) in [6, 6.07) is 6.16. The number of carbonyl (C=O) groups is 1. The van der Waals surface area contributed by atoms with Crippen LogP contribution in [0.1, 0.15) is 29.9 Å². The number of nitrogens with zero attached hydrogens (tertiary/aromatic N) is 3. The first-order valence-corrected chi connectivity index (χ1v) is 11.4. The van der Waals surface area contributed by atoms with E-state index < -0.39 is 0 Å². The maximum atomic E-state index is 13.3. The van der Waals surface area contributed by atoms with Crippen LogP contribution in [-0.4, -0.2) is 45.1 Å². The molecule has 1 atom stereocenters. The van der Waals surface area contributed by atoms with Gasteiger partial charge < -0.3 is 14.7 Å². The lowest BCUT2D eigenvalue weighted by atomic mass is 10.2. The number of phenolic OH excluding ortho intramolecular Hbond substituents is 1. The number of ether oxygens (including phenoxy) is 1. The zero-order valence-electron chi connectivity index (χ0n) is 16.8. The Kier molecular flexibility index (Phi) is 8.00. The van der Waals surface area contributed by atoms with E-state index in [1.807, 2.05) is 19.9 Å². The standard InChI is InChI=1S/C21H20Cl3N3O3S/c1-3-7-27(12(2)11-30-17-15(23)8-14(22)9-16(17)28)21(29)18-19(24)26-20(31-18)13-5-4-6-25-10-13/h4-6,8-10,12,28H,3,7,11H2,1-2H3. The van der Waals surface area contributed by atoms with Crippen molar-refractivity contribution in [3.63, 3.8) is 0 Å².